The number of amides is 2. The molecule has 208 valence electrons. The molecule has 2 N–H and O–H groups in total. The summed E-state index contributed by atoms with van der Waals surface area (Å²) in [5.74, 6) is -2.11. The zero-order valence-electron chi connectivity index (χ0n) is 21.4. The summed E-state index contributed by atoms with van der Waals surface area (Å²) in [4.78, 5) is 43.2. The van der Waals surface area contributed by atoms with Crippen molar-refractivity contribution < 1.29 is 23.5 Å². The van der Waals surface area contributed by atoms with Gasteiger partial charge in [-0.25, -0.2) is 14.4 Å². The van der Waals surface area contributed by atoms with Crippen molar-refractivity contribution in [2.24, 2.45) is 4.99 Å². The summed E-state index contributed by atoms with van der Waals surface area (Å²) in [7, 11) is 0. The van der Waals surface area contributed by atoms with Crippen LogP contribution in [0.4, 0.5) is 10.1 Å². The van der Waals surface area contributed by atoms with Crippen molar-refractivity contribution in [3.05, 3.63) is 105 Å². The molecule has 0 unspecified atom stereocenters. The number of rotatable bonds is 8. The third kappa shape index (κ3) is 6.26. The van der Waals surface area contributed by atoms with E-state index < -0.39 is 23.8 Å². The first kappa shape index (κ1) is 27.9. The minimum absolute atomic E-state index is 0.0798. The molecule has 0 bridgehead atoms. The van der Waals surface area contributed by atoms with Crippen LogP contribution in [0.5, 0.6) is 11.6 Å². The van der Waals surface area contributed by atoms with Crippen LogP contribution in [-0.4, -0.2) is 45.3 Å². The fraction of sp³-hybridized carbons (Fsp3) is 0.143. The van der Waals surface area contributed by atoms with E-state index in [0.29, 0.717) is 39.9 Å². The summed E-state index contributed by atoms with van der Waals surface area (Å²) in [5, 5.41) is 5.88. The number of benzodiazepines with no additional fused rings is 1. The maximum absolute atomic E-state index is 14.2. The monoisotopic (exact) mass is 594 g/mol. The average molecular weight is 595 g/mol. The summed E-state index contributed by atoms with van der Waals surface area (Å²) in [5.41, 5.74) is 1.82. The number of nitrogens with zero attached hydrogens (tertiary/aromatic N) is 4. The highest BCUT2D eigenvalue weighted by Gasteiger charge is 2.31. The maximum atomic E-state index is 14.2. The first-order valence-electron chi connectivity index (χ1n) is 12.3. The molecule has 0 fully saturated rings. The Morgan fingerprint density at radius 3 is 2.71 bits per heavy atom. The van der Waals surface area contributed by atoms with Gasteiger partial charge in [-0.2, -0.15) is 0 Å². The molecule has 5 rings (SSSR count). The van der Waals surface area contributed by atoms with Crippen LogP contribution < -0.4 is 20.1 Å². The number of nitrogens with one attached hydrogen (secondary N) is 2. The number of anilines is 1. The van der Waals surface area contributed by atoms with E-state index in [-0.39, 0.29) is 28.8 Å². The number of ether oxygens (including phenoxy) is 2. The van der Waals surface area contributed by atoms with Crippen LogP contribution in [0.25, 0.3) is 0 Å². The fourth-order valence-electron chi connectivity index (χ4n) is 4.06. The maximum Gasteiger partial charge on any atom is 0.269 e. The Morgan fingerprint density at radius 2 is 1.93 bits per heavy atom. The van der Waals surface area contributed by atoms with E-state index in [1.807, 2.05) is 0 Å². The van der Waals surface area contributed by atoms with Gasteiger partial charge < -0.3 is 20.1 Å². The molecule has 1 aliphatic rings. The molecule has 41 heavy (non-hydrogen) atoms. The second-order valence-electron chi connectivity index (χ2n) is 8.57. The number of aliphatic imine (C=N–C) groups is 1. The van der Waals surface area contributed by atoms with Crippen LogP contribution in [0.3, 0.4) is 0 Å². The lowest BCUT2D eigenvalue weighted by Gasteiger charge is -2.17. The lowest BCUT2D eigenvalue weighted by atomic mass is 9.99. The molecule has 0 saturated carbocycles. The van der Waals surface area contributed by atoms with Crippen molar-refractivity contribution in [2.75, 3.05) is 11.9 Å². The quantitative estimate of drug-likeness (QED) is 0.299. The first-order chi connectivity index (χ1) is 19.8. The molecular formula is C28H21Cl2FN6O4. The summed E-state index contributed by atoms with van der Waals surface area (Å²) < 4.78 is 25.6. The zero-order chi connectivity index (χ0) is 28.9. The number of hydrogen-bond acceptors (Lipinski definition) is 8. The minimum atomic E-state index is -1.46. The molecule has 0 radical (unpaired) electrons. The number of aromatic nitrogens is 3. The molecule has 4 aromatic rings. The third-order valence-electron chi connectivity index (χ3n) is 5.81. The van der Waals surface area contributed by atoms with Crippen molar-refractivity contribution in [1.29, 1.82) is 0 Å². The van der Waals surface area contributed by atoms with Gasteiger partial charge in [0.15, 0.2) is 0 Å². The number of carbonyl (C=O) groups is 2. The first-order valence-corrected chi connectivity index (χ1v) is 13.0. The molecule has 1 atom stereocenters. The Hall–Kier alpha value is -4.61. The van der Waals surface area contributed by atoms with E-state index in [4.69, 9.17) is 32.7 Å². The van der Waals surface area contributed by atoms with E-state index in [1.54, 1.807) is 37.3 Å². The number of fused-ring (bicyclic) bond motifs is 1. The van der Waals surface area contributed by atoms with Gasteiger partial charge in [0.1, 0.15) is 23.7 Å². The lowest BCUT2D eigenvalue weighted by Crippen LogP contribution is -2.42. The number of pyridine rings is 1. The highest BCUT2D eigenvalue weighted by Crippen LogP contribution is 2.36. The molecule has 2 aromatic heterocycles. The Kier molecular flexibility index (Phi) is 8.37. The Morgan fingerprint density at radius 1 is 1.10 bits per heavy atom. The number of carbonyl (C=O) groups excluding carboxylic acids is 2. The summed E-state index contributed by atoms with van der Waals surface area (Å²) in [6.45, 7) is 2.02. The third-order valence-corrected chi connectivity index (χ3v) is 6.32. The standard InChI is InChI=1S/C28H21Cl2FN6O4/c1-2-40-22-10-15(29)9-20(30)23(22)24-18-5-3-4-6-21(18)35-27(39)25(36-24)37-26(38)19-11-16(31)12-34-28(19)41-14-17-13-32-7-8-33-17/h3-13,25H,2,14H2,1H3,(H,35,39)(H,37,38)/t25-/m0/s1. The molecule has 0 aliphatic carbocycles. The van der Waals surface area contributed by atoms with E-state index >= 15 is 0 Å². The highest BCUT2D eigenvalue weighted by atomic mass is 35.5. The number of halogens is 3. The van der Waals surface area contributed by atoms with Gasteiger partial charge in [0.05, 0.1) is 46.7 Å². The van der Waals surface area contributed by atoms with E-state index in [1.165, 1.54) is 24.7 Å². The average Bonchev–Trinajstić information content (AvgIpc) is 3.08. The minimum Gasteiger partial charge on any atom is -0.493 e. The van der Waals surface area contributed by atoms with E-state index in [9.17, 15) is 14.0 Å². The molecule has 3 heterocycles. The van der Waals surface area contributed by atoms with Crippen LogP contribution >= 0.6 is 23.2 Å². The second-order valence-corrected chi connectivity index (χ2v) is 9.42. The second kappa shape index (κ2) is 12.3. The Balaban J connectivity index is 1.53. The Bertz CT molecular complexity index is 1650. The van der Waals surface area contributed by atoms with Gasteiger partial charge in [0.2, 0.25) is 12.0 Å². The van der Waals surface area contributed by atoms with Crippen LogP contribution in [0, 0.1) is 5.82 Å². The van der Waals surface area contributed by atoms with Crippen molar-refractivity contribution in [1.82, 2.24) is 20.3 Å². The Labute approximate surface area is 243 Å². The van der Waals surface area contributed by atoms with Gasteiger partial charge in [0, 0.05) is 23.0 Å². The fourth-order valence-corrected chi connectivity index (χ4v) is 4.62. The van der Waals surface area contributed by atoms with Crippen molar-refractivity contribution in [3.63, 3.8) is 0 Å². The highest BCUT2D eigenvalue weighted by molar-refractivity contribution is 6.39. The largest absolute Gasteiger partial charge is 0.493 e. The molecular weight excluding hydrogens is 574 g/mol. The van der Waals surface area contributed by atoms with Crippen LogP contribution in [0.15, 0.2) is 72.2 Å². The molecule has 2 aromatic carbocycles. The van der Waals surface area contributed by atoms with Crippen LogP contribution in [0.1, 0.15) is 34.1 Å². The number of para-hydroxylation sites is 1. The summed E-state index contributed by atoms with van der Waals surface area (Å²) >= 11 is 12.8. The van der Waals surface area contributed by atoms with E-state index in [0.717, 1.165) is 12.3 Å². The predicted molar refractivity (Wildman–Crippen MR) is 150 cm³/mol. The smallest absolute Gasteiger partial charge is 0.269 e. The van der Waals surface area contributed by atoms with Gasteiger partial charge in [0.25, 0.3) is 11.8 Å². The number of benzene rings is 2. The molecule has 0 spiro atoms. The van der Waals surface area contributed by atoms with Gasteiger partial charge in [-0.1, -0.05) is 41.4 Å². The van der Waals surface area contributed by atoms with Gasteiger partial charge in [-0.15, -0.1) is 0 Å². The predicted octanol–water partition coefficient (Wildman–Crippen LogP) is 4.84. The number of hydrogen-bond donors (Lipinski definition) is 2. The topological polar surface area (TPSA) is 128 Å². The SMILES string of the molecule is CCOc1cc(Cl)cc(Cl)c1C1=N[C@@H](NC(=O)c2cc(F)cnc2OCc2cnccn2)C(=O)Nc2ccccc21. The van der Waals surface area contributed by atoms with Gasteiger partial charge in [-0.3, -0.25) is 19.6 Å². The van der Waals surface area contributed by atoms with Crippen LogP contribution in [-0.2, 0) is 11.4 Å². The van der Waals surface area contributed by atoms with Crippen LogP contribution in [0.2, 0.25) is 10.0 Å². The summed E-state index contributed by atoms with van der Waals surface area (Å²) in [6, 6.07) is 11.0. The van der Waals surface area contributed by atoms with Crippen molar-refractivity contribution in [3.8, 4) is 11.6 Å². The molecule has 13 heteroatoms. The summed E-state index contributed by atoms with van der Waals surface area (Å²) in [6.07, 6.45) is 3.91. The van der Waals surface area contributed by atoms with Gasteiger partial charge >= 0.3 is 0 Å². The van der Waals surface area contributed by atoms with Crippen molar-refractivity contribution in [2.45, 2.75) is 19.7 Å². The van der Waals surface area contributed by atoms with E-state index in [2.05, 4.69) is 30.6 Å². The lowest BCUT2D eigenvalue weighted by molar-refractivity contribution is -0.117. The molecule has 2 amide bonds. The molecule has 10 nitrogen and oxygen atoms in total. The van der Waals surface area contributed by atoms with Gasteiger partial charge in [-0.05, 0) is 31.2 Å². The molecule has 0 saturated heterocycles. The normalized spacial score (nSPS) is 14.3. The molecule has 1 aliphatic heterocycles. The van der Waals surface area contributed by atoms with Crippen molar-refractivity contribution >= 4 is 46.4 Å². The zero-order valence-corrected chi connectivity index (χ0v) is 22.9.